The monoisotopic (exact) mass is 254 g/mol. The van der Waals surface area contributed by atoms with Gasteiger partial charge in [-0.05, 0) is 17.7 Å². The van der Waals surface area contributed by atoms with Crippen molar-refractivity contribution in [2.24, 2.45) is 20.2 Å². The number of fused-ring (bicyclic) bond motifs is 1. The quantitative estimate of drug-likeness (QED) is 0.826. The van der Waals surface area contributed by atoms with Gasteiger partial charge in [0.2, 0.25) is 0 Å². The molecule has 0 atom stereocenters. The summed E-state index contributed by atoms with van der Waals surface area (Å²) in [6, 6.07) is 7.59. The Hall–Kier alpha value is -2.63. The van der Waals surface area contributed by atoms with Gasteiger partial charge in [-0.15, -0.1) is 5.11 Å². The minimum Gasteiger partial charge on any atom is -0.497 e. The maximum absolute atomic E-state index is 11.7. The van der Waals surface area contributed by atoms with Gasteiger partial charge in [0, 0.05) is 6.42 Å². The number of aliphatic imine (C=N–C) groups is 2. The first-order valence-corrected chi connectivity index (χ1v) is 5.71. The van der Waals surface area contributed by atoms with Crippen LogP contribution in [0.15, 0.2) is 55.7 Å². The average molecular weight is 254 g/mol. The summed E-state index contributed by atoms with van der Waals surface area (Å²) < 4.78 is 5.16. The highest BCUT2D eigenvalue weighted by Crippen LogP contribution is 2.25. The number of methoxy groups -OCH3 is 1. The van der Waals surface area contributed by atoms with Crippen LogP contribution in [0, 0.1) is 0 Å². The number of carbonyl (C=O) groups excluding carboxylic acids is 1. The van der Waals surface area contributed by atoms with E-state index in [9.17, 15) is 4.79 Å². The summed E-state index contributed by atoms with van der Waals surface area (Å²) in [6.07, 6.45) is 1.70. The van der Waals surface area contributed by atoms with E-state index in [-0.39, 0.29) is 5.91 Å². The molecule has 6 nitrogen and oxygen atoms in total. The Morgan fingerprint density at radius 3 is 3.00 bits per heavy atom. The molecule has 2 aliphatic rings. The number of amidine groups is 1. The highest BCUT2D eigenvalue weighted by molar-refractivity contribution is 6.27. The second-order valence-electron chi connectivity index (χ2n) is 4.05. The van der Waals surface area contributed by atoms with Gasteiger partial charge >= 0.3 is 0 Å². The van der Waals surface area contributed by atoms with Gasteiger partial charge < -0.3 is 4.74 Å². The first kappa shape index (κ1) is 11.5. The maximum Gasteiger partial charge on any atom is 0.284 e. The third kappa shape index (κ3) is 2.08. The van der Waals surface area contributed by atoms with E-state index in [2.05, 4.69) is 20.2 Å². The lowest BCUT2D eigenvalue weighted by molar-refractivity contribution is -0.113. The van der Waals surface area contributed by atoms with Gasteiger partial charge in [-0.2, -0.15) is 10.1 Å². The highest BCUT2D eigenvalue weighted by Gasteiger charge is 2.27. The van der Waals surface area contributed by atoms with Crippen molar-refractivity contribution < 1.29 is 9.53 Å². The van der Waals surface area contributed by atoms with Crippen LogP contribution >= 0.6 is 0 Å². The van der Waals surface area contributed by atoms with Crippen molar-refractivity contribution in [1.82, 2.24) is 0 Å². The van der Waals surface area contributed by atoms with Crippen LogP contribution in [0.1, 0.15) is 5.56 Å². The predicted octanol–water partition coefficient (Wildman–Crippen LogP) is 1.92. The van der Waals surface area contributed by atoms with Gasteiger partial charge in [0.15, 0.2) is 5.84 Å². The number of ether oxygens (including phenoxy) is 1. The first-order valence-electron chi connectivity index (χ1n) is 5.71. The Balaban J connectivity index is 1.93. The molecule has 0 bridgehead atoms. The maximum atomic E-state index is 11.7. The van der Waals surface area contributed by atoms with E-state index in [1.165, 1.54) is 6.34 Å². The smallest absolute Gasteiger partial charge is 0.284 e. The molecule has 0 fully saturated rings. The third-order valence-corrected chi connectivity index (χ3v) is 2.85. The number of allylic oxidation sites excluding steroid dienone is 1. The molecule has 0 aliphatic carbocycles. The highest BCUT2D eigenvalue weighted by atomic mass is 16.5. The molecule has 1 aromatic carbocycles. The first-order chi connectivity index (χ1) is 9.28. The van der Waals surface area contributed by atoms with Crippen LogP contribution < -0.4 is 4.74 Å². The summed E-state index contributed by atoms with van der Waals surface area (Å²) in [4.78, 5) is 19.3. The van der Waals surface area contributed by atoms with Crippen molar-refractivity contribution in [3.05, 3.63) is 41.1 Å². The molecule has 2 aliphatic heterocycles. The number of amides is 1. The van der Waals surface area contributed by atoms with Crippen LogP contribution in [-0.4, -0.2) is 25.2 Å². The lowest BCUT2D eigenvalue weighted by Crippen LogP contribution is -2.13. The number of hydrogen-bond donors (Lipinski definition) is 0. The summed E-state index contributed by atoms with van der Waals surface area (Å²) in [5.74, 6) is 0.769. The fourth-order valence-corrected chi connectivity index (χ4v) is 1.95. The SMILES string of the molecule is COc1cccc(CC2=C3C(=O)N=CN=C3N=N2)c1. The largest absolute Gasteiger partial charge is 0.497 e. The van der Waals surface area contributed by atoms with E-state index >= 15 is 0 Å². The molecular weight excluding hydrogens is 244 g/mol. The molecule has 1 aromatic rings. The Kier molecular flexibility index (Phi) is 2.75. The Morgan fingerprint density at radius 1 is 1.26 bits per heavy atom. The van der Waals surface area contributed by atoms with Crippen LogP contribution in [-0.2, 0) is 11.2 Å². The molecule has 0 saturated heterocycles. The van der Waals surface area contributed by atoms with E-state index in [1.54, 1.807) is 7.11 Å². The van der Waals surface area contributed by atoms with E-state index < -0.39 is 0 Å². The third-order valence-electron chi connectivity index (χ3n) is 2.85. The number of carbonyl (C=O) groups is 1. The molecule has 2 heterocycles. The van der Waals surface area contributed by atoms with E-state index in [1.807, 2.05) is 24.3 Å². The van der Waals surface area contributed by atoms with Crippen LogP contribution in [0.4, 0.5) is 0 Å². The molecule has 0 aromatic heterocycles. The van der Waals surface area contributed by atoms with Crippen LogP contribution in [0.25, 0.3) is 0 Å². The standard InChI is InChI=1S/C13H10N4O2/c1-19-9-4-2-3-8(5-9)6-10-11-12(17-16-10)14-7-15-13(11)18/h2-5,7H,6H2,1H3. The van der Waals surface area contributed by atoms with Gasteiger partial charge in [0.1, 0.15) is 17.7 Å². The second kappa shape index (κ2) is 4.56. The molecule has 3 rings (SSSR count). The molecule has 0 spiro atoms. The summed E-state index contributed by atoms with van der Waals surface area (Å²) >= 11 is 0. The van der Waals surface area contributed by atoms with E-state index in [4.69, 9.17) is 4.74 Å². The van der Waals surface area contributed by atoms with Gasteiger partial charge in [-0.3, -0.25) is 4.79 Å². The predicted molar refractivity (Wildman–Crippen MR) is 69.5 cm³/mol. The van der Waals surface area contributed by atoms with Gasteiger partial charge in [-0.1, -0.05) is 12.1 Å². The van der Waals surface area contributed by atoms with E-state index in [0.29, 0.717) is 23.5 Å². The lowest BCUT2D eigenvalue weighted by atomic mass is 10.0. The summed E-state index contributed by atoms with van der Waals surface area (Å²) in [7, 11) is 1.61. The van der Waals surface area contributed by atoms with Crippen molar-refractivity contribution in [1.29, 1.82) is 0 Å². The molecule has 0 saturated carbocycles. The van der Waals surface area contributed by atoms with E-state index in [0.717, 1.165) is 11.3 Å². The number of azo groups is 1. The molecule has 0 radical (unpaired) electrons. The molecule has 1 amide bonds. The molecule has 6 heteroatoms. The lowest BCUT2D eigenvalue weighted by Gasteiger charge is -2.05. The van der Waals surface area contributed by atoms with Crippen LogP contribution in [0.3, 0.4) is 0 Å². The summed E-state index contributed by atoms with van der Waals surface area (Å²) in [6.45, 7) is 0. The molecule has 0 N–H and O–H groups in total. The summed E-state index contributed by atoms with van der Waals surface area (Å²) in [5.41, 5.74) is 1.98. The van der Waals surface area contributed by atoms with Crippen LogP contribution in [0.5, 0.6) is 5.75 Å². The normalized spacial score (nSPS) is 16.7. The average Bonchev–Trinajstić information content (AvgIpc) is 2.84. The molecule has 19 heavy (non-hydrogen) atoms. The van der Waals surface area contributed by atoms with Gasteiger partial charge in [0.05, 0.1) is 12.8 Å². The van der Waals surface area contributed by atoms with Crippen LogP contribution in [0.2, 0.25) is 0 Å². The molecular formula is C13H10N4O2. The van der Waals surface area contributed by atoms with Crippen molar-refractivity contribution in [2.45, 2.75) is 6.42 Å². The number of nitrogens with zero attached hydrogens (tertiary/aromatic N) is 4. The minimum absolute atomic E-state index is 0.340. The Morgan fingerprint density at radius 2 is 2.16 bits per heavy atom. The molecule has 94 valence electrons. The Labute approximate surface area is 109 Å². The number of rotatable bonds is 3. The van der Waals surface area contributed by atoms with Gasteiger partial charge in [0.25, 0.3) is 5.91 Å². The zero-order valence-electron chi connectivity index (χ0n) is 10.2. The zero-order valence-corrected chi connectivity index (χ0v) is 10.2. The fourth-order valence-electron chi connectivity index (χ4n) is 1.95. The van der Waals surface area contributed by atoms with Crippen molar-refractivity contribution in [3.8, 4) is 5.75 Å². The number of hydrogen-bond acceptors (Lipinski definition) is 5. The second-order valence-corrected chi connectivity index (χ2v) is 4.05. The fraction of sp³-hybridized carbons (Fsp3) is 0.154. The number of benzene rings is 1. The van der Waals surface area contributed by atoms with Crippen molar-refractivity contribution >= 4 is 18.1 Å². The zero-order chi connectivity index (χ0) is 13.2. The molecule has 0 unspecified atom stereocenters. The van der Waals surface area contributed by atoms with Crippen molar-refractivity contribution in [3.63, 3.8) is 0 Å². The van der Waals surface area contributed by atoms with Crippen molar-refractivity contribution in [2.75, 3.05) is 7.11 Å². The Bertz CT molecular complexity index is 671. The topological polar surface area (TPSA) is 75.7 Å². The minimum atomic E-state index is -0.340. The summed E-state index contributed by atoms with van der Waals surface area (Å²) in [5, 5.41) is 7.90. The van der Waals surface area contributed by atoms with Gasteiger partial charge in [-0.25, -0.2) is 4.99 Å².